The van der Waals surface area contributed by atoms with Crippen LogP contribution in [0.2, 0.25) is 0 Å². The predicted molar refractivity (Wildman–Crippen MR) is 79.6 cm³/mol. The number of nitrogens with one attached hydrogen (secondary N) is 1. The molecule has 0 spiro atoms. The molecule has 0 saturated heterocycles. The van der Waals surface area contributed by atoms with E-state index in [1.807, 2.05) is 18.2 Å². The monoisotopic (exact) mass is 336 g/mol. The summed E-state index contributed by atoms with van der Waals surface area (Å²) in [4.78, 5) is 11.7. The Balaban J connectivity index is 2.09. The fraction of sp³-hybridized carbons (Fsp3) is 0.143. The van der Waals surface area contributed by atoms with Crippen molar-refractivity contribution in [1.29, 1.82) is 0 Å². The predicted octanol–water partition coefficient (Wildman–Crippen LogP) is 3.41. The molecule has 0 radical (unpaired) electrons. The number of rotatable bonds is 4. The molecule has 0 saturated carbocycles. The summed E-state index contributed by atoms with van der Waals surface area (Å²) in [6.07, 6.45) is 3.08. The van der Waals surface area contributed by atoms with Crippen LogP contribution in [0.4, 0.5) is 5.82 Å². The first-order valence-electron chi connectivity index (χ1n) is 5.84. The Morgan fingerprint density at radius 1 is 1.45 bits per heavy atom. The minimum absolute atomic E-state index is 0.291. The number of ether oxygens (including phenoxy) is 1. The molecule has 104 valence electrons. The van der Waals surface area contributed by atoms with Crippen molar-refractivity contribution in [1.82, 2.24) is 5.16 Å². The molecule has 6 heteroatoms. The van der Waals surface area contributed by atoms with Gasteiger partial charge in [-0.1, -0.05) is 21.1 Å². The zero-order valence-electron chi connectivity index (χ0n) is 11.0. The number of aryl methyl sites for hydroxylation is 1. The summed E-state index contributed by atoms with van der Waals surface area (Å²) in [5.74, 6) is 1.42. The van der Waals surface area contributed by atoms with Gasteiger partial charge in [0.05, 0.1) is 7.11 Å². The third-order valence-electron chi connectivity index (χ3n) is 2.49. The number of nitrogens with zero attached hydrogens (tertiary/aromatic N) is 1. The highest BCUT2D eigenvalue weighted by Gasteiger charge is 2.04. The molecule has 2 rings (SSSR count). The van der Waals surface area contributed by atoms with E-state index in [2.05, 4.69) is 26.4 Å². The van der Waals surface area contributed by atoms with Gasteiger partial charge in [0.15, 0.2) is 5.82 Å². The number of halogens is 1. The first-order valence-corrected chi connectivity index (χ1v) is 6.63. The molecule has 0 bridgehead atoms. The number of amides is 1. The maximum atomic E-state index is 11.7. The normalized spacial score (nSPS) is 10.8. The SMILES string of the molecule is COc1ccc(Br)cc1/C=C/C(=O)Nc1cc(C)on1. The molecule has 20 heavy (non-hydrogen) atoms. The van der Waals surface area contributed by atoms with Gasteiger partial charge in [0, 0.05) is 22.2 Å². The third-order valence-corrected chi connectivity index (χ3v) is 2.98. The molecule has 0 aliphatic rings. The van der Waals surface area contributed by atoms with Crippen molar-refractivity contribution in [3.63, 3.8) is 0 Å². The van der Waals surface area contributed by atoms with Crippen LogP contribution in [-0.2, 0) is 4.79 Å². The minimum Gasteiger partial charge on any atom is -0.496 e. The van der Waals surface area contributed by atoms with Gasteiger partial charge in [0.2, 0.25) is 5.91 Å². The van der Waals surface area contributed by atoms with E-state index in [0.717, 1.165) is 10.0 Å². The van der Waals surface area contributed by atoms with Gasteiger partial charge in [-0.25, -0.2) is 0 Å². The lowest BCUT2D eigenvalue weighted by molar-refractivity contribution is -0.111. The summed E-state index contributed by atoms with van der Waals surface area (Å²) in [7, 11) is 1.58. The summed E-state index contributed by atoms with van der Waals surface area (Å²) in [6, 6.07) is 7.20. The van der Waals surface area contributed by atoms with Gasteiger partial charge in [0.1, 0.15) is 11.5 Å². The van der Waals surface area contributed by atoms with Crippen molar-refractivity contribution < 1.29 is 14.1 Å². The lowest BCUT2D eigenvalue weighted by Gasteiger charge is -2.04. The fourth-order valence-corrected chi connectivity index (χ4v) is 1.97. The first kappa shape index (κ1) is 14.3. The maximum Gasteiger partial charge on any atom is 0.249 e. The van der Waals surface area contributed by atoms with Gasteiger partial charge in [-0.2, -0.15) is 0 Å². The molecule has 1 aromatic heterocycles. The summed E-state index contributed by atoms with van der Waals surface area (Å²) >= 11 is 3.38. The van der Waals surface area contributed by atoms with Crippen LogP contribution in [0.1, 0.15) is 11.3 Å². The highest BCUT2D eigenvalue weighted by Crippen LogP contribution is 2.24. The Bertz CT molecular complexity index is 650. The second kappa shape index (κ2) is 6.38. The van der Waals surface area contributed by atoms with Crippen LogP contribution in [0.25, 0.3) is 6.08 Å². The largest absolute Gasteiger partial charge is 0.496 e. The standard InChI is InChI=1S/C14H13BrN2O3/c1-9-7-13(17-20-9)16-14(18)6-3-10-8-11(15)4-5-12(10)19-2/h3-8H,1-2H3,(H,16,17,18)/b6-3+. The lowest BCUT2D eigenvalue weighted by Crippen LogP contribution is -2.07. The Morgan fingerprint density at radius 3 is 2.90 bits per heavy atom. The molecular weight excluding hydrogens is 324 g/mol. The molecular formula is C14H13BrN2O3. The van der Waals surface area contributed by atoms with Crippen LogP contribution in [0, 0.1) is 6.92 Å². The fourth-order valence-electron chi connectivity index (χ4n) is 1.59. The van der Waals surface area contributed by atoms with Gasteiger partial charge in [-0.05, 0) is 31.2 Å². The minimum atomic E-state index is -0.291. The van der Waals surface area contributed by atoms with E-state index in [1.54, 1.807) is 26.2 Å². The van der Waals surface area contributed by atoms with E-state index >= 15 is 0 Å². The zero-order chi connectivity index (χ0) is 14.5. The quantitative estimate of drug-likeness (QED) is 0.869. The summed E-state index contributed by atoms with van der Waals surface area (Å²) in [6.45, 7) is 1.75. The molecule has 1 aromatic carbocycles. The third kappa shape index (κ3) is 3.71. The number of hydrogen-bond acceptors (Lipinski definition) is 4. The average Bonchev–Trinajstić information content (AvgIpc) is 2.82. The van der Waals surface area contributed by atoms with Crippen molar-refractivity contribution in [2.45, 2.75) is 6.92 Å². The van der Waals surface area contributed by atoms with Crippen LogP contribution in [0.15, 0.2) is 39.3 Å². The molecule has 0 atom stereocenters. The molecule has 0 fully saturated rings. The van der Waals surface area contributed by atoms with E-state index in [4.69, 9.17) is 9.26 Å². The summed E-state index contributed by atoms with van der Waals surface area (Å²) in [5.41, 5.74) is 0.799. The number of hydrogen-bond donors (Lipinski definition) is 1. The Labute approximate surface area is 124 Å². The average molecular weight is 337 g/mol. The van der Waals surface area contributed by atoms with Crippen LogP contribution in [0.5, 0.6) is 5.75 Å². The van der Waals surface area contributed by atoms with Gasteiger partial charge < -0.3 is 14.6 Å². The van der Waals surface area contributed by atoms with Crippen LogP contribution >= 0.6 is 15.9 Å². The van der Waals surface area contributed by atoms with Crippen LogP contribution < -0.4 is 10.1 Å². The number of anilines is 1. The van der Waals surface area contributed by atoms with E-state index in [1.165, 1.54) is 6.08 Å². The topological polar surface area (TPSA) is 64.4 Å². The number of benzene rings is 1. The van der Waals surface area contributed by atoms with Crippen LogP contribution in [-0.4, -0.2) is 18.2 Å². The smallest absolute Gasteiger partial charge is 0.249 e. The summed E-state index contributed by atoms with van der Waals surface area (Å²) < 4.78 is 11.0. The maximum absolute atomic E-state index is 11.7. The van der Waals surface area contributed by atoms with Crippen molar-refractivity contribution in [2.75, 3.05) is 12.4 Å². The van der Waals surface area contributed by atoms with Crippen molar-refractivity contribution in [3.05, 3.63) is 46.1 Å². The van der Waals surface area contributed by atoms with Gasteiger partial charge >= 0.3 is 0 Å². The van der Waals surface area contributed by atoms with Gasteiger partial charge in [-0.3, -0.25) is 4.79 Å². The highest BCUT2D eigenvalue weighted by molar-refractivity contribution is 9.10. The Kier molecular flexibility index (Phi) is 4.57. The summed E-state index contributed by atoms with van der Waals surface area (Å²) in [5, 5.41) is 6.29. The van der Waals surface area contributed by atoms with E-state index in [-0.39, 0.29) is 5.91 Å². The van der Waals surface area contributed by atoms with Gasteiger partial charge in [-0.15, -0.1) is 0 Å². The second-order valence-corrected chi connectivity index (χ2v) is 4.95. The number of aromatic nitrogens is 1. The zero-order valence-corrected chi connectivity index (χ0v) is 12.6. The highest BCUT2D eigenvalue weighted by atomic mass is 79.9. The van der Waals surface area contributed by atoms with E-state index < -0.39 is 0 Å². The van der Waals surface area contributed by atoms with Crippen molar-refractivity contribution in [3.8, 4) is 5.75 Å². The second-order valence-electron chi connectivity index (χ2n) is 4.03. The van der Waals surface area contributed by atoms with Gasteiger partial charge in [0.25, 0.3) is 0 Å². The van der Waals surface area contributed by atoms with E-state index in [0.29, 0.717) is 17.3 Å². The van der Waals surface area contributed by atoms with Crippen molar-refractivity contribution >= 4 is 33.7 Å². The van der Waals surface area contributed by atoms with Crippen LogP contribution in [0.3, 0.4) is 0 Å². The number of carbonyl (C=O) groups excluding carboxylic acids is 1. The van der Waals surface area contributed by atoms with Crippen molar-refractivity contribution in [2.24, 2.45) is 0 Å². The first-order chi connectivity index (χ1) is 9.58. The Morgan fingerprint density at radius 2 is 2.25 bits per heavy atom. The van der Waals surface area contributed by atoms with E-state index in [9.17, 15) is 4.79 Å². The number of carbonyl (C=O) groups is 1. The molecule has 1 amide bonds. The molecule has 1 N–H and O–H groups in total. The molecule has 0 aliphatic heterocycles. The molecule has 0 aliphatic carbocycles. The molecule has 5 nitrogen and oxygen atoms in total. The Hall–Kier alpha value is -2.08. The molecule has 1 heterocycles. The molecule has 2 aromatic rings. The number of methoxy groups -OCH3 is 1. The lowest BCUT2D eigenvalue weighted by atomic mass is 10.2. The molecule has 0 unspecified atom stereocenters.